The van der Waals surface area contributed by atoms with Crippen LogP contribution in [-0.2, 0) is 30.8 Å². The summed E-state index contributed by atoms with van der Waals surface area (Å²) in [6.07, 6.45) is -0.397. The number of rotatable bonds is 6. The first-order chi connectivity index (χ1) is 20.1. The van der Waals surface area contributed by atoms with Crippen molar-refractivity contribution < 1.29 is 48.2 Å². The molecule has 3 atom stereocenters. The quantitative estimate of drug-likeness (QED) is 0.117. The van der Waals surface area contributed by atoms with Crippen LogP contribution in [0, 0.1) is 22.0 Å². The molecule has 0 saturated heterocycles. The molecule has 0 bridgehead atoms. The highest BCUT2D eigenvalue weighted by Gasteiger charge is 2.60. The number of aliphatic hydroxyl groups is 3. The van der Waals surface area contributed by atoms with Gasteiger partial charge in [0, 0.05) is 44.1 Å². The van der Waals surface area contributed by atoms with Crippen molar-refractivity contribution >= 4 is 44.6 Å². The molecular formula is C27H26N4O11S. The summed E-state index contributed by atoms with van der Waals surface area (Å²) in [6.45, 7) is 0. The third-order valence-electron chi connectivity index (χ3n) is 7.84. The van der Waals surface area contributed by atoms with E-state index in [4.69, 9.17) is 0 Å². The van der Waals surface area contributed by atoms with Gasteiger partial charge in [-0.05, 0) is 42.5 Å². The zero-order valence-electron chi connectivity index (χ0n) is 22.7. The summed E-state index contributed by atoms with van der Waals surface area (Å²) in [4.78, 5) is 49.0. The topological polar surface area (TPSA) is 237 Å². The number of fused-ring (bicyclic) bond motifs is 3. The Balaban J connectivity index is 1.55. The molecule has 0 radical (unpaired) electrons. The molecule has 1 saturated carbocycles. The summed E-state index contributed by atoms with van der Waals surface area (Å²) in [7, 11) is -1.47. The number of Topliss-reactive ketones (excluding diaryl/α,β-unsaturated/α-hetero) is 2. The summed E-state index contributed by atoms with van der Waals surface area (Å²) in [6, 6.07) is 6.64. The molecule has 6 N–H and O–H groups in total. The van der Waals surface area contributed by atoms with Crippen LogP contribution in [-0.4, -0.2) is 75.9 Å². The molecule has 1 fully saturated rings. The number of phenolic OH excluding ortho intramolecular Hbond substituents is 1. The van der Waals surface area contributed by atoms with Gasteiger partial charge in [0.2, 0.25) is 5.78 Å². The van der Waals surface area contributed by atoms with Crippen molar-refractivity contribution in [3.63, 3.8) is 0 Å². The van der Waals surface area contributed by atoms with Gasteiger partial charge >= 0.3 is 0 Å². The summed E-state index contributed by atoms with van der Waals surface area (Å²) in [5, 5.41) is 56.9. The van der Waals surface area contributed by atoms with E-state index in [1.165, 1.54) is 31.2 Å². The lowest BCUT2D eigenvalue weighted by atomic mass is 9.59. The third-order valence-corrected chi connectivity index (χ3v) is 9.23. The van der Waals surface area contributed by atoms with Gasteiger partial charge in [0.05, 0.1) is 21.1 Å². The molecule has 0 heterocycles. The highest BCUT2D eigenvalue weighted by molar-refractivity contribution is 7.92. The van der Waals surface area contributed by atoms with E-state index < -0.39 is 79.1 Å². The van der Waals surface area contributed by atoms with Gasteiger partial charge in [-0.3, -0.25) is 34.6 Å². The molecule has 5 rings (SSSR count). The number of carbonyl (C=O) groups excluding carboxylic acids is 3. The molecule has 43 heavy (non-hydrogen) atoms. The fourth-order valence-electron chi connectivity index (χ4n) is 5.87. The zero-order chi connectivity index (χ0) is 31.6. The van der Waals surface area contributed by atoms with Crippen LogP contribution < -0.4 is 10.1 Å². The summed E-state index contributed by atoms with van der Waals surface area (Å²) in [5.74, 6) is -7.44. The molecule has 3 aliphatic rings. The number of phenols is 1. The maximum Gasteiger partial charge on any atom is 0.272 e. The Morgan fingerprint density at radius 1 is 1.07 bits per heavy atom. The normalized spacial score (nSPS) is 23.4. The van der Waals surface area contributed by atoms with Crippen molar-refractivity contribution in [3.8, 4) is 5.75 Å². The summed E-state index contributed by atoms with van der Waals surface area (Å²) in [5.41, 5.74) is -2.24. The second kappa shape index (κ2) is 10.2. The fourth-order valence-corrected chi connectivity index (χ4v) is 6.93. The number of nitro benzene ring substituents is 1. The van der Waals surface area contributed by atoms with Crippen LogP contribution in [0.1, 0.15) is 24.0 Å². The van der Waals surface area contributed by atoms with E-state index in [0.29, 0.717) is 5.56 Å². The average Bonchev–Trinajstić information content (AvgIpc) is 2.92. The number of benzene rings is 2. The predicted octanol–water partition coefficient (Wildman–Crippen LogP) is 1.24. The van der Waals surface area contributed by atoms with Crippen molar-refractivity contribution in [2.24, 2.45) is 11.8 Å². The van der Waals surface area contributed by atoms with Crippen molar-refractivity contribution in [3.05, 3.63) is 74.5 Å². The largest absolute Gasteiger partial charge is 0.508 e. The van der Waals surface area contributed by atoms with E-state index in [2.05, 4.69) is 10.1 Å². The minimum Gasteiger partial charge on any atom is -0.508 e. The Labute approximate surface area is 243 Å². The number of nitrogens with one attached hydrogen (secondary N) is 2. The number of aliphatic hydroxyl groups excluding tert-OH is 2. The minimum atomic E-state index is -4.37. The Bertz CT molecular complexity index is 1780. The number of hydrazine groups is 1. The molecule has 16 heteroatoms. The Kier molecular flexibility index (Phi) is 7.03. The smallest absolute Gasteiger partial charge is 0.272 e. The zero-order valence-corrected chi connectivity index (χ0v) is 23.5. The van der Waals surface area contributed by atoms with Crippen LogP contribution >= 0.6 is 0 Å². The van der Waals surface area contributed by atoms with Gasteiger partial charge in [0.1, 0.15) is 17.1 Å². The van der Waals surface area contributed by atoms with E-state index in [1.54, 1.807) is 0 Å². The van der Waals surface area contributed by atoms with Crippen molar-refractivity contribution in [2.45, 2.75) is 29.8 Å². The lowest BCUT2D eigenvalue weighted by molar-refractivity contribution is -0.384. The number of sulfonamides is 1. The summed E-state index contributed by atoms with van der Waals surface area (Å²) < 4.78 is 28.0. The van der Waals surface area contributed by atoms with Gasteiger partial charge in [0.15, 0.2) is 17.1 Å². The van der Waals surface area contributed by atoms with Crippen molar-refractivity contribution in [2.75, 3.05) is 18.8 Å². The van der Waals surface area contributed by atoms with Crippen molar-refractivity contribution in [1.82, 2.24) is 10.4 Å². The number of amides is 1. The Morgan fingerprint density at radius 2 is 1.72 bits per heavy atom. The Hall–Kier alpha value is -4.80. The first kappa shape index (κ1) is 29.7. The second-order valence-electron chi connectivity index (χ2n) is 10.7. The maximum atomic E-state index is 13.8. The van der Waals surface area contributed by atoms with Crippen LogP contribution in [0.2, 0.25) is 0 Å². The van der Waals surface area contributed by atoms with Crippen LogP contribution in [0.3, 0.4) is 0 Å². The highest BCUT2D eigenvalue weighted by atomic mass is 32.2. The van der Waals surface area contributed by atoms with Gasteiger partial charge in [-0.1, -0.05) is 6.07 Å². The molecule has 15 nitrogen and oxygen atoms in total. The van der Waals surface area contributed by atoms with E-state index >= 15 is 0 Å². The van der Waals surface area contributed by atoms with Crippen LogP contribution in [0.15, 0.2) is 58.2 Å². The molecule has 3 aliphatic carbocycles. The first-order valence-corrected chi connectivity index (χ1v) is 14.3. The number of hydrogen-bond donors (Lipinski definition) is 6. The molecule has 1 amide bonds. The molecule has 2 aromatic rings. The van der Waals surface area contributed by atoms with Gasteiger partial charge in [-0.2, -0.15) is 0 Å². The van der Waals surface area contributed by atoms with Gasteiger partial charge in [-0.25, -0.2) is 13.4 Å². The average molecular weight is 615 g/mol. The molecule has 3 unspecified atom stereocenters. The predicted molar refractivity (Wildman–Crippen MR) is 148 cm³/mol. The highest BCUT2D eigenvalue weighted by Crippen LogP contribution is 2.52. The van der Waals surface area contributed by atoms with Crippen LogP contribution in [0.5, 0.6) is 5.75 Å². The van der Waals surface area contributed by atoms with Crippen LogP contribution in [0.25, 0.3) is 5.76 Å². The molecule has 0 aliphatic heterocycles. The van der Waals surface area contributed by atoms with Crippen LogP contribution in [0.4, 0.5) is 11.4 Å². The second-order valence-corrected chi connectivity index (χ2v) is 12.4. The van der Waals surface area contributed by atoms with Gasteiger partial charge in [-0.15, -0.1) is 0 Å². The molecule has 0 aromatic heterocycles. The SMILES string of the molecule is CN(C)NC(=O)C1=C(O)C2(O)C(=O)C3=C(O)c4c(ccc(NS(=O)(=O)c5ccc([N+](=O)[O-])cc5)c4O)CC3CC2CC1=O. The maximum absolute atomic E-state index is 13.8. The first-order valence-electron chi connectivity index (χ1n) is 12.9. The van der Waals surface area contributed by atoms with Gasteiger partial charge < -0.3 is 20.4 Å². The Morgan fingerprint density at radius 3 is 2.33 bits per heavy atom. The molecular weight excluding hydrogens is 588 g/mol. The van der Waals surface area contributed by atoms with E-state index in [9.17, 15) is 53.3 Å². The number of ketones is 2. The monoisotopic (exact) mass is 614 g/mol. The third kappa shape index (κ3) is 4.68. The number of hydrogen-bond acceptors (Lipinski definition) is 12. The van der Waals surface area contributed by atoms with Crippen molar-refractivity contribution in [1.29, 1.82) is 0 Å². The number of nitrogens with zero attached hydrogens (tertiary/aromatic N) is 2. The lowest BCUT2D eigenvalue weighted by Crippen LogP contribution is -2.58. The number of aromatic hydroxyl groups is 1. The lowest BCUT2D eigenvalue weighted by Gasteiger charge is -2.46. The summed E-state index contributed by atoms with van der Waals surface area (Å²) >= 11 is 0. The number of anilines is 1. The molecule has 226 valence electrons. The number of nitro groups is 1. The number of non-ortho nitro benzene ring substituents is 1. The molecule has 2 aromatic carbocycles. The van der Waals surface area contributed by atoms with E-state index in [0.717, 1.165) is 24.3 Å². The fraction of sp³-hybridized carbons (Fsp3) is 0.296. The standard InChI is InChI=1S/C27H26N4O11S/c1-30(2)28-26(37)21-18(32)11-14-10-13-9-12-3-8-17(29-43(41,42)16-6-4-15(5-7-16)31(39)40)22(33)19(12)23(34)20(13)24(35)27(14,38)25(21)36/h3-8,13-14,29,33-34,36,38H,9-11H2,1-2H3,(H,28,37). The van der Waals surface area contributed by atoms with E-state index in [1.807, 2.05) is 0 Å². The number of carbonyl (C=O) groups is 3. The minimum absolute atomic E-state index is 0.0330. The van der Waals surface area contributed by atoms with E-state index in [-0.39, 0.29) is 40.2 Å². The molecule has 0 spiro atoms. The van der Waals surface area contributed by atoms with Gasteiger partial charge in [0.25, 0.3) is 21.6 Å².